The second kappa shape index (κ2) is 5.88. The normalized spacial score (nSPS) is 11.3. The summed E-state index contributed by atoms with van der Waals surface area (Å²) >= 11 is 1.61. The van der Waals surface area contributed by atoms with Crippen molar-refractivity contribution >= 4 is 28.3 Å². The number of hydrogen-bond donors (Lipinski definition) is 1. The van der Waals surface area contributed by atoms with Crippen molar-refractivity contribution in [2.45, 2.75) is 33.2 Å². The van der Waals surface area contributed by atoms with Crippen molar-refractivity contribution in [3.05, 3.63) is 45.4 Å². The van der Waals surface area contributed by atoms with Gasteiger partial charge in [-0.15, -0.1) is 0 Å². The van der Waals surface area contributed by atoms with Gasteiger partial charge in [0.25, 0.3) is 11.6 Å². The van der Waals surface area contributed by atoms with Gasteiger partial charge in [0, 0.05) is 12.2 Å². The fraction of sp³-hybridized carbons (Fsp3) is 0.312. The van der Waals surface area contributed by atoms with Crippen molar-refractivity contribution in [1.82, 2.24) is 15.5 Å². The first kappa shape index (κ1) is 14.7. The summed E-state index contributed by atoms with van der Waals surface area (Å²) in [6, 6.07) is 3.83. The molecule has 1 N–H and O–H groups in total. The minimum absolute atomic E-state index is 0.133. The summed E-state index contributed by atoms with van der Waals surface area (Å²) in [4.78, 5) is 17.0. The van der Waals surface area contributed by atoms with Crippen molar-refractivity contribution in [1.29, 1.82) is 0 Å². The van der Waals surface area contributed by atoms with E-state index >= 15 is 0 Å². The molecule has 0 unspecified atom stereocenters. The van der Waals surface area contributed by atoms with E-state index in [1.54, 1.807) is 11.3 Å². The lowest BCUT2D eigenvalue weighted by atomic mass is 10.0. The van der Waals surface area contributed by atoms with Gasteiger partial charge in [-0.05, 0) is 41.3 Å². The van der Waals surface area contributed by atoms with Crippen molar-refractivity contribution in [2.75, 3.05) is 0 Å². The van der Waals surface area contributed by atoms with Gasteiger partial charge in [0.2, 0.25) is 0 Å². The average Bonchev–Trinajstić information content (AvgIpc) is 3.14. The first-order valence-corrected chi connectivity index (χ1v) is 8.06. The van der Waals surface area contributed by atoms with Crippen LogP contribution in [0, 0.1) is 6.92 Å². The van der Waals surface area contributed by atoms with E-state index in [0.29, 0.717) is 28.9 Å². The second-order valence-electron chi connectivity index (χ2n) is 5.51. The first-order valence-electron chi connectivity index (χ1n) is 7.12. The van der Waals surface area contributed by atoms with E-state index in [9.17, 15) is 4.79 Å². The molecule has 3 aromatic rings. The molecule has 0 radical (unpaired) electrons. The van der Waals surface area contributed by atoms with E-state index in [1.807, 2.05) is 43.7 Å². The Kier molecular flexibility index (Phi) is 3.94. The van der Waals surface area contributed by atoms with Crippen LogP contribution >= 0.6 is 11.3 Å². The Morgan fingerprint density at radius 3 is 2.95 bits per heavy atom. The number of rotatable bonds is 4. The zero-order valence-corrected chi connectivity index (χ0v) is 13.5. The standard InChI is InChI=1S/C16H17N3O2S/c1-9(2)13-6-12(14-10(3)19-21-16(14)18-13)15(20)17-7-11-4-5-22-8-11/h4-6,8-9H,7H2,1-3H3,(H,17,20). The van der Waals surface area contributed by atoms with Crippen LogP contribution in [0.3, 0.4) is 0 Å². The largest absolute Gasteiger partial charge is 0.348 e. The highest BCUT2D eigenvalue weighted by Gasteiger charge is 2.19. The number of thiophene rings is 1. The van der Waals surface area contributed by atoms with E-state index in [0.717, 1.165) is 11.3 Å². The molecule has 1 amide bonds. The molecule has 114 valence electrons. The number of nitrogens with one attached hydrogen (secondary N) is 1. The van der Waals surface area contributed by atoms with Gasteiger partial charge in [0.15, 0.2) is 0 Å². The third kappa shape index (κ3) is 2.74. The first-order chi connectivity index (χ1) is 10.6. The topological polar surface area (TPSA) is 68.0 Å². The second-order valence-corrected chi connectivity index (χ2v) is 6.29. The summed E-state index contributed by atoms with van der Waals surface area (Å²) in [6.07, 6.45) is 0. The highest BCUT2D eigenvalue weighted by atomic mass is 32.1. The molecule has 5 nitrogen and oxygen atoms in total. The lowest BCUT2D eigenvalue weighted by Gasteiger charge is -2.09. The fourth-order valence-corrected chi connectivity index (χ4v) is 2.93. The molecule has 3 aromatic heterocycles. The Bertz CT molecular complexity index is 806. The smallest absolute Gasteiger partial charge is 0.259 e. The van der Waals surface area contributed by atoms with Crippen LogP contribution in [0.15, 0.2) is 27.4 Å². The Balaban J connectivity index is 1.96. The molecule has 0 saturated heterocycles. The highest BCUT2D eigenvalue weighted by molar-refractivity contribution is 7.07. The third-order valence-electron chi connectivity index (χ3n) is 3.51. The minimum Gasteiger partial charge on any atom is -0.348 e. The number of carbonyl (C=O) groups excluding carboxylic acids is 1. The lowest BCUT2D eigenvalue weighted by molar-refractivity contribution is 0.0952. The van der Waals surface area contributed by atoms with E-state index in [2.05, 4.69) is 15.5 Å². The minimum atomic E-state index is -0.133. The fourth-order valence-electron chi connectivity index (χ4n) is 2.26. The molecule has 3 rings (SSSR count). The van der Waals surface area contributed by atoms with Crippen molar-refractivity contribution in [3.63, 3.8) is 0 Å². The summed E-state index contributed by atoms with van der Waals surface area (Å²) in [5.41, 5.74) is 3.59. The Morgan fingerprint density at radius 1 is 1.45 bits per heavy atom. The number of fused-ring (bicyclic) bond motifs is 1. The quantitative estimate of drug-likeness (QED) is 0.798. The molecule has 0 aliphatic heterocycles. The molecule has 0 aliphatic rings. The summed E-state index contributed by atoms with van der Waals surface area (Å²) in [7, 11) is 0. The zero-order valence-electron chi connectivity index (χ0n) is 12.7. The maximum Gasteiger partial charge on any atom is 0.259 e. The van der Waals surface area contributed by atoms with Crippen LogP contribution in [0.4, 0.5) is 0 Å². The molecule has 22 heavy (non-hydrogen) atoms. The van der Waals surface area contributed by atoms with Crippen LogP contribution in [-0.2, 0) is 6.54 Å². The number of nitrogens with zero attached hydrogens (tertiary/aromatic N) is 2. The summed E-state index contributed by atoms with van der Waals surface area (Å²) in [6.45, 7) is 6.39. The average molecular weight is 315 g/mol. The van der Waals surface area contributed by atoms with E-state index < -0.39 is 0 Å². The van der Waals surface area contributed by atoms with Gasteiger partial charge in [-0.25, -0.2) is 4.98 Å². The van der Waals surface area contributed by atoms with Gasteiger partial charge in [-0.1, -0.05) is 19.0 Å². The third-order valence-corrected chi connectivity index (χ3v) is 4.24. The molecule has 0 spiro atoms. The molecule has 0 fully saturated rings. The molecule has 3 heterocycles. The molecule has 0 bridgehead atoms. The van der Waals surface area contributed by atoms with Gasteiger partial charge >= 0.3 is 0 Å². The molecule has 0 atom stereocenters. The van der Waals surface area contributed by atoms with Crippen molar-refractivity contribution < 1.29 is 9.32 Å². The predicted octanol–water partition coefficient (Wildman–Crippen LogP) is 3.65. The lowest BCUT2D eigenvalue weighted by Crippen LogP contribution is -2.23. The SMILES string of the molecule is Cc1noc2nc(C(C)C)cc(C(=O)NCc3ccsc3)c12. The van der Waals surface area contributed by atoms with E-state index in [1.165, 1.54) is 0 Å². The van der Waals surface area contributed by atoms with Gasteiger partial charge in [0.1, 0.15) is 0 Å². The molecule has 0 saturated carbocycles. The van der Waals surface area contributed by atoms with Crippen LogP contribution in [0.1, 0.15) is 47.1 Å². The van der Waals surface area contributed by atoms with Gasteiger partial charge in [-0.2, -0.15) is 11.3 Å². The van der Waals surface area contributed by atoms with Crippen LogP contribution < -0.4 is 5.32 Å². The molecular formula is C16H17N3O2S. The Labute approximate surface area is 132 Å². The van der Waals surface area contributed by atoms with E-state index in [4.69, 9.17) is 4.52 Å². The van der Waals surface area contributed by atoms with Crippen LogP contribution in [0.25, 0.3) is 11.1 Å². The number of hydrogen-bond acceptors (Lipinski definition) is 5. The van der Waals surface area contributed by atoms with E-state index in [-0.39, 0.29) is 11.8 Å². The van der Waals surface area contributed by atoms with Crippen LogP contribution in [0.5, 0.6) is 0 Å². The number of carbonyl (C=O) groups is 1. The van der Waals surface area contributed by atoms with Crippen molar-refractivity contribution in [2.24, 2.45) is 0 Å². The molecule has 0 aromatic carbocycles. The maximum absolute atomic E-state index is 12.6. The van der Waals surface area contributed by atoms with Gasteiger partial charge in [-0.3, -0.25) is 4.79 Å². The van der Waals surface area contributed by atoms with Crippen LogP contribution in [0.2, 0.25) is 0 Å². The molecular weight excluding hydrogens is 298 g/mol. The van der Waals surface area contributed by atoms with Gasteiger partial charge < -0.3 is 9.84 Å². The molecule has 6 heteroatoms. The molecule has 0 aliphatic carbocycles. The monoisotopic (exact) mass is 315 g/mol. The number of aryl methyl sites for hydroxylation is 1. The van der Waals surface area contributed by atoms with Gasteiger partial charge in [0.05, 0.1) is 16.6 Å². The Hall–Kier alpha value is -2.21. The maximum atomic E-state index is 12.6. The summed E-state index contributed by atoms with van der Waals surface area (Å²) < 4.78 is 5.24. The zero-order chi connectivity index (χ0) is 15.7. The number of pyridine rings is 1. The number of aromatic nitrogens is 2. The van der Waals surface area contributed by atoms with Crippen LogP contribution in [-0.4, -0.2) is 16.0 Å². The Morgan fingerprint density at radius 2 is 2.27 bits per heavy atom. The highest BCUT2D eigenvalue weighted by Crippen LogP contribution is 2.25. The number of amides is 1. The summed E-state index contributed by atoms with van der Waals surface area (Å²) in [5, 5.41) is 11.6. The predicted molar refractivity (Wildman–Crippen MR) is 86.1 cm³/mol. The summed E-state index contributed by atoms with van der Waals surface area (Å²) in [5.74, 6) is 0.0741. The van der Waals surface area contributed by atoms with Crippen molar-refractivity contribution in [3.8, 4) is 0 Å².